The molecular weight excluding hydrogens is 579 g/mol. The molecule has 0 amide bonds. The van der Waals surface area contributed by atoms with E-state index in [4.69, 9.17) is 9.47 Å². The summed E-state index contributed by atoms with van der Waals surface area (Å²) < 4.78 is 77.5. The van der Waals surface area contributed by atoms with E-state index in [1.807, 2.05) is 52.8 Å². The van der Waals surface area contributed by atoms with Crippen molar-refractivity contribution >= 4 is 33.2 Å². The van der Waals surface area contributed by atoms with E-state index in [1.165, 1.54) is 24.1 Å². The third kappa shape index (κ3) is 6.44. The molecule has 13 heteroatoms. The Hall–Kier alpha value is -2.97. The number of anilines is 2. The highest BCUT2D eigenvalue weighted by Crippen LogP contribution is 2.50. The van der Waals surface area contributed by atoms with Gasteiger partial charge in [-0.2, -0.15) is 0 Å². The van der Waals surface area contributed by atoms with E-state index in [0.717, 1.165) is 36.3 Å². The van der Waals surface area contributed by atoms with Crippen molar-refractivity contribution in [2.75, 3.05) is 24.1 Å². The van der Waals surface area contributed by atoms with Gasteiger partial charge in [0, 0.05) is 0 Å². The second kappa shape index (κ2) is 11.4. The number of benzene rings is 3. The molecule has 2 heterocycles. The molecule has 0 aromatic heterocycles. The molecule has 218 valence electrons. The van der Waals surface area contributed by atoms with Crippen LogP contribution in [0, 0.1) is 5.92 Å². The summed E-state index contributed by atoms with van der Waals surface area (Å²) in [4.78, 5) is 0.200. The topological polar surface area (TPSA) is 92.6 Å². The SMILES string of the molecule is O=S(=NCC1CC1)(N[C@@H]1COCC(SN2c3ccccc3Oc3ccccc32)[C@H]1O)c1ccc(OC(F)(F)F)cc1. The standard InChI is InChI=1S/C28H28F3N3O5S2/c29-28(30,31)39-19-11-13-20(14-12-19)41(36,32-15-18-9-10-18)33-21-16-37-17-26(27(21)35)40-34-22-5-1-3-7-24(22)38-25-8-4-2-6-23(25)34/h1-8,11-14,18,21,26-27,35H,9-10,15-17H2,(H,32,33,36)/t21-,26?,27+,41?/m1/s1. The lowest BCUT2D eigenvalue weighted by Gasteiger charge is -2.39. The van der Waals surface area contributed by atoms with Gasteiger partial charge in [-0.05, 0) is 79.2 Å². The number of halogens is 3. The predicted molar refractivity (Wildman–Crippen MR) is 150 cm³/mol. The van der Waals surface area contributed by atoms with Crippen molar-refractivity contribution in [2.45, 2.75) is 41.5 Å². The maximum absolute atomic E-state index is 14.2. The third-order valence-electron chi connectivity index (χ3n) is 6.90. The van der Waals surface area contributed by atoms with Crippen LogP contribution in [0.3, 0.4) is 0 Å². The number of ether oxygens (including phenoxy) is 3. The number of aliphatic hydroxyl groups excluding tert-OH is 1. The Bertz CT molecular complexity index is 1460. The predicted octanol–water partition coefficient (Wildman–Crippen LogP) is 6.05. The Balaban J connectivity index is 1.24. The van der Waals surface area contributed by atoms with Crippen molar-refractivity contribution in [1.82, 2.24) is 4.72 Å². The summed E-state index contributed by atoms with van der Waals surface area (Å²) >= 11 is 1.39. The van der Waals surface area contributed by atoms with Crippen LogP contribution in [0.1, 0.15) is 12.8 Å². The molecule has 1 aliphatic carbocycles. The first kappa shape index (κ1) is 28.2. The fourth-order valence-corrected chi connectivity index (χ4v) is 7.78. The largest absolute Gasteiger partial charge is 0.573 e. The molecule has 6 rings (SSSR count). The molecule has 3 aliphatic rings. The molecule has 2 unspecified atom stereocenters. The first-order valence-corrected chi connectivity index (χ1v) is 15.5. The van der Waals surface area contributed by atoms with E-state index in [-0.39, 0.29) is 18.1 Å². The zero-order chi connectivity index (χ0) is 28.6. The molecule has 2 fully saturated rings. The second-order valence-corrected chi connectivity index (χ2v) is 13.2. The van der Waals surface area contributed by atoms with Crippen molar-refractivity contribution in [2.24, 2.45) is 10.3 Å². The van der Waals surface area contributed by atoms with Gasteiger partial charge in [0.05, 0.1) is 53.4 Å². The summed E-state index contributed by atoms with van der Waals surface area (Å²) in [7, 11) is -3.31. The molecule has 2 N–H and O–H groups in total. The number of alkyl halides is 3. The van der Waals surface area contributed by atoms with E-state index < -0.39 is 39.4 Å². The first-order valence-electron chi connectivity index (χ1n) is 13.1. The van der Waals surface area contributed by atoms with E-state index in [9.17, 15) is 22.5 Å². The Labute approximate surface area is 240 Å². The highest BCUT2D eigenvalue weighted by Gasteiger charge is 2.39. The molecule has 0 bridgehead atoms. The van der Waals surface area contributed by atoms with Gasteiger partial charge in [0.15, 0.2) is 11.5 Å². The summed E-state index contributed by atoms with van der Waals surface area (Å²) in [6, 6.07) is 19.3. The van der Waals surface area contributed by atoms with Crippen LogP contribution < -0.4 is 18.5 Å². The van der Waals surface area contributed by atoms with Gasteiger partial charge in [-0.1, -0.05) is 24.3 Å². The van der Waals surface area contributed by atoms with Crippen molar-refractivity contribution in [3.05, 3.63) is 72.8 Å². The fraction of sp³-hybridized carbons (Fsp3) is 0.357. The number of hydrogen-bond acceptors (Lipinski definition) is 8. The number of fused-ring (bicyclic) bond motifs is 2. The van der Waals surface area contributed by atoms with Gasteiger partial charge in [0.2, 0.25) is 0 Å². The molecule has 3 aromatic rings. The summed E-state index contributed by atoms with van der Waals surface area (Å²) in [5.74, 6) is 1.26. The maximum Gasteiger partial charge on any atom is 0.573 e. The lowest BCUT2D eigenvalue weighted by molar-refractivity contribution is -0.274. The number of nitrogens with one attached hydrogen (secondary N) is 1. The number of para-hydroxylation sites is 4. The highest BCUT2D eigenvalue weighted by atomic mass is 32.2. The molecule has 41 heavy (non-hydrogen) atoms. The number of nitrogens with zero attached hydrogens (tertiary/aromatic N) is 2. The van der Waals surface area contributed by atoms with Gasteiger partial charge in [0.25, 0.3) is 0 Å². The summed E-state index contributed by atoms with van der Waals surface area (Å²) in [6.07, 6.45) is -3.86. The molecule has 4 atom stereocenters. The third-order valence-corrected chi connectivity index (χ3v) is 10.2. The number of aliphatic hydroxyl groups is 1. The van der Waals surface area contributed by atoms with Gasteiger partial charge in [0.1, 0.15) is 15.7 Å². The lowest BCUT2D eigenvalue weighted by atomic mass is 10.1. The number of hydrogen-bond donors (Lipinski definition) is 2. The molecule has 0 spiro atoms. The number of rotatable bonds is 8. The smallest absolute Gasteiger partial charge is 0.453 e. The summed E-state index contributed by atoms with van der Waals surface area (Å²) in [5, 5.41) is 11.0. The van der Waals surface area contributed by atoms with Crippen LogP contribution >= 0.6 is 11.9 Å². The molecule has 1 saturated carbocycles. The second-order valence-electron chi connectivity index (χ2n) is 10.0. The van der Waals surface area contributed by atoms with Gasteiger partial charge in [-0.25, -0.2) is 13.3 Å². The van der Waals surface area contributed by atoms with Gasteiger partial charge < -0.3 is 19.3 Å². The molecule has 0 radical (unpaired) electrons. The van der Waals surface area contributed by atoms with Gasteiger partial charge in [-0.3, -0.25) is 4.31 Å². The van der Waals surface area contributed by atoms with E-state index in [1.54, 1.807) is 0 Å². The van der Waals surface area contributed by atoms with Crippen LogP contribution in [0.2, 0.25) is 0 Å². The monoisotopic (exact) mass is 607 g/mol. The van der Waals surface area contributed by atoms with E-state index in [0.29, 0.717) is 24.0 Å². The van der Waals surface area contributed by atoms with Crippen LogP contribution in [-0.2, 0) is 14.7 Å². The molecule has 2 aliphatic heterocycles. The minimum absolute atomic E-state index is 0.0831. The summed E-state index contributed by atoms with van der Waals surface area (Å²) in [6.45, 7) is 0.672. The summed E-state index contributed by atoms with van der Waals surface area (Å²) in [5.41, 5.74) is 1.64. The first-order chi connectivity index (χ1) is 19.7. The molecule has 8 nitrogen and oxygen atoms in total. The Morgan fingerprint density at radius 2 is 1.63 bits per heavy atom. The maximum atomic E-state index is 14.2. The fourth-order valence-electron chi connectivity index (χ4n) is 4.61. The zero-order valence-electron chi connectivity index (χ0n) is 21.7. The Kier molecular flexibility index (Phi) is 7.81. The molecular formula is C28H28F3N3O5S2. The van der Waals surface area contributed by atoms with Gasteiger partial charge in [-0.15, -0.1) is 13.2 Å². The average Bonchev–Trinajstić information content (AvgIpc) is 3.78. The van der Waals surface area contributed by atoms with Crippen LogP contribution in [0.25, 0.3) is 0 Å². The van der Waals surface area contributed by atoms with Crippen LogP contribution in [0.4, 0.5) is 24.5 Å². The minimum Gasteiger partial charge on any atom is -0.453 e. The van der Waals surface area contributed by atoms with E-state index >= 15 is 0 Å². The quantitative estimate of drug-likeness (QED) is 0.302. The van der Waals surface area contributed by atoms with Crippen molar-refractivity contribution in [3.63, 3.8) is 0 Å². The normalized spacial score (nSPS) is 23.5. The van der Waals surface area contributed by atoms with Gasteiger partial charge >= 0.3 is 6.36 Å². The van der Waals surface area contributed by atoms with Crippen molar-refractivity contribution in [3.8, 4) is 17.2 Å². The zero-order valence-corrected chi connectivity index (χ0v) is 23.3. The Morgan fingerprint density at radius 3 is 2.24 bits per heavy atom. The molecule has 1 saturated heterocycles. The van der Waals surface area contributed by atoms with Crippen LogP contribution in [0.5, 0.6) is 17.2 Å². The Morgan fingerprint density at radius 1 is 1.00 bits per heavy atom. The van der Waals surface area contributed by atoms with Crippen molar-refractivity contribution < 1.29 is 36.7 Å². The highest BCUT2D eigenvalue weighted by molar-refractivity contribution is 8.01. The van der Waals surface area contributed by atoms with Crippen LogP contribution in [-0.4, -0.2) is 52.8 Å². The average molecular weight is 608 g/mol. The van der Waals surface area contributed by atoms with Crippen molar-refractivity contribution in [1.29, 1.82) is 0 Å². The minimum atomic E-state index is -4.84. The van der Waals surface area contributed by atoms with Crippen LogP contribution in [0.15, 0.2) is 82.1 Å². The lowest BCUT2D eigenvalue weighted by Crippen LogP contribution is -2.55. The van der Waals surface area contributed by atoms with E-state index in [2.05, 4.69) is 13.8 Å². The molecule has 3 aromatic carbocycles.